The fourth-order valence-electron chi connectivity index (χ4n) is 2.50. The quantitative estimate of drug-likeness (QED) is 0.515. The van der Waals surface area contributed by atoms with E-state index in [1.54, 1.807) is 0 Å². The summed E-state index contributed by atoms with van der Waals surface area (Å²) in [5.74, 6) is 0.824. The molecule has 0 radical (unpaired) electrons. The van der Waals surface area contributed by atoms with Crippen molar-refractivity contribution in [2.24, 2.45) is 11.8 Å². The molecule has 0 spiro atoms. The highest BCUT2D eigenvalue weighted by molar-refractivity contribution is 5.00. The maximum atomic E-state index is 10.2. The zero-order valence-electron chi connectivity index (χ0n) is 7.88. The Hall–Kier alpha value is -0.120. The summed E-state index contributed by atoms with van der Waals surface area (Å²) < 4.78 is 0. The van der Waals surface area contributed by atoms with Crippen molar-refractivity contribution in [2.45, 2.75) is 12.5 Å². The van der Waals surface area contributed by atoms with E-state index >= 15 is 0 Å². The monoisotopic (exact) mass is 170 g/mol. The first-order valence-electron chi connectivity index (χ1n) is 4.72. The normalized spacial score (nSPS) is 49.2. The molecule has 0 aromatic heterocycles. The van der Waals surface area contributed by atoms with E-state index in [2.05, 4.69) is 17.3 Å². The average molecular weight is 170 g/mol. The minimum Gasteiger partial charge on any atom is -0.389 e. The molecule has 0 aliphatic carbocycles. The third-order valence-corrected chi connectivity index (χ3v) is 3.50. The van der Waals surface area contributed by atoms with Crippen LogP contribution >= 0.6 is 0 Å². The number of hydrogen-bond acceptors (Lipinski definition) is 3. The minimum atomic E-state index is -0.433. The third kappa shape index (κ3) is 1.16. The number of nitrogens with zero attached hydrogens (tertiary/aromatic N) is 1. The lowest BCUT2D eigenvalue weighted by Gasteiger charge is -2.50. The van der Waals surface area contributed by atoms with Crippen LogP contribution in [0.15, 0.2) is 0 Å². The molecule has 3 nitrogen and oxygen atoms in total. The summed E-state index contributed by atoms with van der Waals surface area (Å²) in [4.78, 5) is 2.33. The highest BCUT2D eigenvalue weighted by Crippen LogP contribution is 2.33. The molecule has 2 atom stereocenters. The first kappa shape index (κ1) is 8.48. The van der Waals surface area contributed by atoms with E-state index in [0.717, 1.165) is 26.2 Å². The first-order valence-corrected chi connectivity index (χ1v) is 4.72. The van der Waals surface area contributed by atoms with Crippen molar-refractivity contribution in [3.63, 3.8) is 0 Å². The molecule has 0 amide bonds. The van der Waals surface area contributed by atoms with E-state index in [-0.39, 0.29) is 0 Å². The summed E-state index contributed by atoms with van der Waals surface area (Å²) in [6.45, 7) is 5.98. The lowest BCUT2D eigenvalue weighted by molar-refractivity contribution is -0.114. The second-order valence-corrected chi connectivity index (χ2v) is 4.50. The summed E-state index contributed by atoms with van der Waals surface area (Å²) in [6, 6.07) is 0. The maximum absolute atomic E-state index is 10.2. The number of likely N-dealkylation sites (tertiary alicyclic amines) is 1. The van der Waals surface area contributed by atoms with Crippen molar-refractivity contribution >= 4 is 0 Å². The van der Waals surface area contributed by atoms with Crippen molar-refractivity contribution in [1.82, 2.24) is 10.2 Å². The number of fused-ring (bicyclic) bond motifs is 2. The molecule has 12 heavy (non-hydrogen) atoms. The largest absolute Gasteiger partial charge is 0.389 e. The van der Waals surface area contributed by atoms with Gasteiger partial charge in [0, 0.05) is 38.0 Å². The molecule has 2 N–H and O–H groups in total. The molecule has 0 aromatic rings. The fourth-order valence-corrected chi connectivity index (χ4v) is 2.50. The predicted molar refractivity (Wildman–Crippen MR) is 48.0 cm³/mol. The van der Waals surface area contributed by atoms with Crippen LogP contribution < -0.4 is 5.32 Å². The molecule has 3 heteroatoms. The minimum absolute atomic E-state index is 0.412. The molecule has 2 rings (SSSR count). The zero-order valence-corrected chi connectivity index (χ0v) is 7.88. The van der Waals surface area contributed by atoms with Crippen molar-refractivity contribution < 1.29 is 5.11 Å². The fraction of sp³-hybridized carbons (Fsp3) is 1.00. The number of hydrogen-bond donors (Lipinski definition) is 2. The van der Waals surface area contributed by atoms with Gasteiger partial charge in [0.15, 0.2) is 0 Å². The Bertz CT molecular complexity index is 165. The summed E-state index contributed by atoms with van der Waals surface area (Å²) in [5.41, 5.74) is -0.433. The van der Waals surface area contributed by atoms with Gasteiger partial charge in [0.2, 0.25) is 0 Å². The van der Waals surface area contributed by atoms with Gasteiger partial charge in [0.1, 0.15) is 0 Å². The SMILES string of the molecule is CN1CC2CNCC(C1)C2(C)O. The second-order valence-electron chi connectivity index (χ2n) is 4.50. The molecule has 0 saturated carbocycles. The van der Waals surface area contributed by atoms with Gasteiger partial charge in [-0.2, -0.15) is 0 Å². The summed E-state index contributed by atoms with van der Waals surface area (Å²) in [5, 5.41) is 13.6. The van der Waals surface area contributed by atoms with Gasteiger partial charge >= 0.3 is 0 Å². The Kier molecular flexibility index (Phi) is 1.90. The summed E-state index contributed by atoms with van der Waals surface area (Å²) >= 11 is 0. The van der Waals surface area contributed by atoms with Crippen molar-refractivity contribution in [1.29, 1.82) is 0 Å². The molecule has 0 aromatic carbocycles. The van der Waals surface area contributed by atoms with Crippen LogP contribution in [-0.4, -0.2) is 48.8 Å². The summed E-state index contributed by atoms with van der Waals surface area (Å²) in [7, 11) is 2.14. The average Bonchev–Trinajstić information content (AvgIpc) is 1.92. The molecule has 2 bridgehead atoms. The van der Waals surface area contributed by atoms with Gasteiger partial charge in [-0.15, -0.1) is 0 Å². The number of rotatable bonds is 0. The molecular weight excluding hydrogens is 152 g/mol. The first-order chi connectivity index (χ1) is 5.60. The number of nitrogens with one attached hydrogen (secondary N) is 1. The van der Waals surface area contributed by atoms with Crippen LogP contribution in [0.25, 0.3) is 0 Å². The zero-order chi connectivity index (χ0) is 8.77. The van der Waals surface area contributed by atoms with Gasteiger partial charge in [-0.1, -0.05) is 0 Å². The summed E-state index contributed by atoms with van der Waals surface area (Å²) in [6.07, 6.45) is 0. The Morgan fingerprint density at radius 2 is 1.83 bits per heavy atom. The van der Waals surface area contributed by atoms with E-state index in [0.29, 0.717) is 11.8 Å². The van der Waals surface area contributed by atoms with Crippen molar-refractivity contribution in [3.8, 4) is 0 Å². The van der Waals surface area contributed by atoms with E-state index in [9.17, 15) is 5.11 Å². The molecule has 2 saturated heterocycles. The third-order valence-electron chi connectivity index (χ3n) is 3.50. The van der Waals surface area contributed by atoms with Crippen LogP contribution in [0, 0.1) is 11.8 Å². The van der Waals surface area contributed by atoms with Crippen LogP contribution in [-0.2, 0) is 0 Å². The molecule has 70 valence electrons. The molecule has 2 aliphatic rings. The highest BCUT2D eigenvalue weighted by Gasteiger charge is 2.46. The van der Waals surface area contributed by atoms with Crippen molar-refractivity contribution in [2.75, 3.05) is 33.2 Å². The molecule has 2 heterocycles. The van der Waals surface area contributed by atoms with Crippen LogP contribution in [0.1, 0.15) is 6.92 Å². The molecule has 2 unspecified atom stereocenters. The lowest BCUT2D eigenvalue weighted by Crippen LogP contribution is -2.64. The predicted octanol–water partition coefficient (Wildman–Crippen LogP) is -0.482. The topological polar surface area (TPSA) is 35.5 Å². The van der Waals surface area contributed by atoms with Crippen LogP contribution in [0.2, 0.25) is 0 Å². The van der Waals surface area contributed by atoms with Gasteiger partial charge in [-0.25, -0.2) is 0 Å². The van der Waals surface area contributed by atoms with Gasteiger partial charge in [-0.05, 0) is 14.0 Å². The van der Waals surface area contributed by atoms with Gasteiger partial charge in [0.25, 0.3) is 0 Å². The second kappa shape index (κ2) is 2.69. The Labute approximate surface area is 73.8 Å². The Morgan fingerprint density at radius 1 is 1.33 bits per heavy atom. The maximum Gasteiger partial charge on any atom is 0.0724 e. The van der Waals surface area contributed by atoms with E-state index in [1.165, 1.54) is 0 Å². The van der Waals surface area contributed by atoms with E-state index < -0.39 is 5.60 Å². The molecule has 2 aliphatic heterocycles. The van der Waals surface area contributed by atoms with Crippen molar-refractivity contribution in [3.05, 3.63) is 0 Å². The smallest absolute Gasteiger partial charge is 0.0724 e. The van der Waals surface area contributed by atoms with Crippen LogP contribution in [0.5, 0.6) is 0 Å². The lowest BCUT2D eigenvalue weighted by atomic mass is 9.72. The molecular formula is C9H18N2O. The van der Waals surface area contributed by atoms with Crippen LogP contribution in [0.3, 0.4) is 0 Å². The Balaban J connectivity index is 2.18. The number of aliphatic hydroxyl groups is 1. The van der Waals surface area contributed by atoms with E-state index in [4.69, 9.17) is 0 Å². The standard InChI is InChI=1S/C9H18N2O/c1-9(12)7-3-10-4-8(9)6-11(2)5-7/h7-8,10,12H,3-6H2,1-2H3. The highest BCUT2D eigenvalue weighted by atomic mass is 16.3. The Morgan fingerprint density at radius 3 is 2.33 bits per heavy atom. The van der Waals surface area contributed by atoms with E-state index in [1.807, 2.05) is 6.92 Å². The molecule has 2 fully saturated rings. The van der Waals surface area contributed by atoms with Gasteiger partial charge < -0.3 is 15.3 Å². The van der Waals surface area contributed by atoms with Gasteiger partial charge in [-0.3, -0.25) is 0 Å². The van der Waals surface area contributed by atoms with Gasteiger partial charge in [0.05, 0.1) is 5.60 Å². The number of piperidine rings is 2. The van der Waals surface area contributed by atoms with Crippen LogP contribution in [0.4, 0.5) is 0 Å².